The highest BCUT2D eigenvalue weighted by Gasteiger charge is 2.22. The van der Waals surface area contributed by atoms with Crippen LogP contribution in [0.4, 0.5) is 0 Å². The summed E-state index contributed by atoms with van der Waals surface area (Å²) in [5.41, 5.74) is 0. The second-order valence-corrected chi connectivity index (χ2v) is 4.08. The molecule has 2 heteroatoms. The van der Waals surface area contributed by atoms with Gasteiger partial charge >= 0.3 is 0 Å². The van der Waals surface area contributed by atoms with Crippen molar-refractivity contribution >= 4 is 0 Å². The maximum atomic E-state index is 5.51. The summed E-state index contributed by atoms with van der Waals surface area (Å²) < 4.78 is 6.52. The Morgan fingerprint density at radius 1 is 1.30 bits per heavy atom. The van der Waals surface area contributed by atoms with E-state index in [9.17, 15) is 0 Å². The summed E-state index contributed by atoms with van der Waals surface area (Å²) >= 11 is 0. The molecule has 0 heterocycles. The summed E-state index contributed by atoms with van der Waals surface area (Å²) in [6, 6.07) is 0. The third-order valence-corrected chi connectivity index (χ3v) is 1.64. The molecule has 1 fully saturated rings. The summed E-state index contributed by atoms with van der Waals surface area (Å²) in [5.74, 6) is 0. The summed E-state index contributed by atoms with van der Waals surface area (Å²) in [6.45, 7) is 2.05. The van der Waals surface area contributed by atoms with Crippen LogP contribution in [0.1, 0.15) is 12.8 Å². The van der Waals surface area contributed by atoms with Gasteiger partial charge in [0.1, 0.15) is 6.54 Å². The molecule has 60 valence electrons. The number of ether oxygens (including phenoxy) is 1. The molecule has 1 aliphatic rings. The number of hydrogen-bond donors (Lipinski definition) is 0. The molecule has 0 unspecified atom stereocenters. The van der Waals surface area contributed by atoms with Crippen molar-refractivity contribution in [2.75, 3.05) is 34.3 Å². The highest BCUT2D eigenvalue weighted by molar-refractivity contribution is 4.72. The van der Waals surface area contributed by atoms with Crippen LogP contribution in [0.2, 0.25) is 0 Å². The van der Waals surface area contributed by atoms with E-state index in [2.05, 4.69) is 21.1 Å². The van der Waals surface area contributed by atoms with E-state index in [-0.39, 0.29) is 0 Å². The van der Waals surface area contributed by atoms with Crippen molar-refractivity contribution in [3.63, 3.8) is 0 Å². The van der Waals surface area contributed by atoms with Crippen molar-refractivity contribution in [1.82, 2.24) is 0 Å². The van der Waals surface area contributed by atoms with Crippen molar-refractivity contribution < 1.29 is 9.22 Å². The van der Waals surface area contributed by atoms with Gasteiger partial charge in [0, 0.05) is 0 Å². The smallest absolute Gasteiger partial charge is 0.102 e. The quantitative estimate of drug-likeness (QED) is 0.532. The molecule has 0 aromatic carbocycles. The van der Waals surface area contributed by atoms with Crippen LogP contribution in [0.25, 0.3) is 0 Å². The number of rotatable bonds is 4. The van der Waals surface area contributed by atoms with Crippen molar-refractivity contribution in [3.8, 4) is 0 Å². The fourth-order valence-corrected chi connectivity index (χ4v) is 0.728. The minimum atomic E-state index is 0.617. The van der Waals surface area contributed by atoms with Crippen LogP contribution in [-0.4, -0.2) is 44.9 Å². The van der Waals surface area contributed by atoms with Crippen molar-refractivity contribution in [2.24, 2.45) is 0 Å². The molecular formula is C8H18NO+. The Kier molecular flexibility index (Phi) is 2.32. The molecule has 0 atom stereocenters. The van der Waals surface area contributed by atoms with Crippen LogP contribution in [-0.2, 0) is 4.74 Å². The zero-order valence-corrected chi connectivity index (χ0v) is 7.26. The monoisotopic (exact) mass is 144 g/mol. The molecule has 1 saturated carbocycles. The van der Waals surface area contributed by atoms with Gasteiger partial charge in [-0.2, -0.15) is 0 Å². The van der Waals surface area contributed by atoms with Crippen LogP contribution in [0.15, 0.2) is 0 Å². The van der Waals surface area contributed by atoms with Gasteiger partial charge in [0.15, 0.2) is 0 Å². The molecule has 0 aromatic rings. The second kappa shape index (κ2) is 2.89. The van der Waals surface area contributed by atoms with Crippen LogP contribution < -0.4 is 0 Å². The fraction of sp³-hybridized carbons (Fsp3) is 1.00. The van der Waals surface area contributed by atoms with Gasteiger partial charge in [0.2, 0.25) is 0 Å². The molecule has 0 radical (unpaired) electrons. The van der Waals surface area contributed by atoms with Crippen LogP contribution in [0.5, 0.6) is 0 Å². The molecule has 0 N–H and O–H groups in total. The topological polar surface area (TPSA) is 9.23 Å². The average Bonchev–Trinajstić information content (AvgIpc) is 2.45. The van der Waals surface area contributed by atoms with E-state index in [0.717, 1.165) is 17.6 Å². The predicted molar refractivity (Wildman–Crippen MR) is 41.9 cm³/mol. The van der Waals surface area contributed by atoms with Gasteiger partial charge in [-0.1, -0.05) is 0 Å². The Morgan fingerprint density at radius 3 is 2.30 bits per heavy atom. The van der Waals surface area contributed by atoms with Crippen LogP contribution in [0, 0.1) is 0 Å². The lowest BCUT2D eigenvalue weighted by molar-refractivity contribution is -0.870. The van der Waals surface area contributed by atoms with E-state index in [1.54, 1.807) is 0 Å². The lowest BCUT2D eigenvalue weighted by Crippen LogP contribution is -2.37. The van der Waals surface area contributed by atoms with Gasteiger partial charge < -0.3 is 9.22 Å². The average molecular weight is 144 g/mol. The fourth-order valence-electron chi connectivity index (χ4n) is 0.728. The largest absolute Gasteiger partial charge is 0.372 e. The van der Waals surface area contributed by atoms with Crippen LogP contribution in [0.3, 0.4) is 0 Å². The van der Waals surface area contributed by atoms with E-state index >= 15 is 0 Å². The first-order chi connectivity index (χ1) is 4.58. The number of hydrogen-bond acceptors (Lipinski definition) is 1. The molecular weight excluding hydrogens is 126 g/mol. The second-order valence-electron chi connectivity index (χ2n) is 4.08. The minimum Gasteiger partial charge on any atom is -0.372 e. The van der Waals surface area contributed by atoms with E-state index in [1.807, 2.05) is 0 Å². The lowest BCUT2D eigenvalue weighted by atomic mass is 10.5. The Bertz CT molecular complexity index is 102. The van der Waals surface area contributed by atoms with Gasteiger partial charge in [-0.3, -0.25) is 0 Å². The van der Waals surface area contributed by atoms with Gasteiger partial charge in [-0.05, 0) is 12.8 Å². The first kappa shape index (κ1) is 8.02. The Balaban J connectivity index is 1.93. The highest BCUT2D eigenvalue weighted by Crippen LogP contribution is 2.23. The molecule has 1 aliphatic carbocycles. The molecule has 0 aromatic heterocycles. The zero-order chi connectivity index (χ0) is 7.61. The van der Waals surface area contributed by atoms with E-state index in [1.165, 1.54) is 12.8 Å². The maximum Gasteiger partial charge on any atom is 0.102 e. The standard InChI is InChI=1S/C8H18NO/c1-9(2,3)6-7-10-8-4-5-8/h8H,4-7H2,1-3H3/q+1. The molecule has 1 rings (SSSR count). The summed E-state index contributed by atoms with van der Waals surface area (Å²) in [4.78, 5) is 0. The first-order valence-electron chi connectivity index (χ1n) is 4.00. The normalized spacial score (nSPS) is 19.5. The summed E-state index contributed by atoms with van der Waals surface area (Å²) in [6.07, 6.45) is 3.19. The lowest BCUT2D eigenvalue weighted by Gasteiger charge is -2.23. The van der Waals surface area contributed by atoms with Crippen LogP contribution >= 0.6 is 0 Å². The molecule has 0 bridgehead atoms. The van der Waals surface area contributed by atoms with Gasteiger partial charge in [0.05, 0.1) is 33.9 Å². The third-order valence-electron chi connectivity index (χ3n) is 1.64. The Hall–Kier alpha value is -0.0800. The van der Waals surface area contributed by atoms with E-state index in [0.29, 0.717) is 6.10 Å². The summed E-state index contributed by atoms with van der Waals surface area (Å²) in [5, 5.41) is 0. The highest BCUT2D eigenvalue weighted by atomic mass is 16.5. The molecule has 0 spiro atoms. The SMILES string of the molecule is C[N+](C)(C)CCOC1CC1. The minimum absolute atomic E-state index is 0.617. The predicted octanol–water partition coefficient (Wildman–Crippen LogP) is 0.872. The van der Waals surface area contributed by atoms with Crippen molar-refractivity contribution in [3.05, 3.63) is 0 Å². The Morgan fingerprint density at radius 2 is 1.90 bits per heavy atom. The molecule has 10 heavy (non-hydrogen) atoms. The molecule has 0 aliphatic heterocycles. The third kappa shape index (κ3) is 3.85. The van der Waals surface area contributed by atoms with Gasteiger partial charge in [-0.25, -0.2) is 0 Å². The number of nitrogens with zero attached hydrogens (tertiary/aromatic N) is 1. The van der Waals surface area contributed by atoms with E-state index < -0.39 is 0 Å². The zero-order valence-electron chi connectivity index (χ0n) is 7.26. The maximum absolute atomic E-state index is 5.51. The molecule has 0 amide bonds. The Labute approximate surface area is 63.4 Å². The van der Waals surface area contributed by atoms with Gasteiger partial charge in [-0.15, -0.1) is 0 Å². The van der Waals surface area contributed by atoms with Crippen molar-refractivity contribution in [2.45, 2.75) is 18.9 Å². The molecule has 0 saturated heterocycles. The van der Waals surface area contributed by atoms with E-state index in [4.69, 9.17) is 4.74 Å². The molecule has 2 nitrogen and oxygen atoms in total. The first-order valence-corrected chi connectivity index (χ1v) is 4.00. The number of quaternary nitrogens is 1. The van der Waals surface area contributed by atoms with Crippen molar-refractivity contribution in [1.29, 1.82) is 0 Å². The van der Waals surface area contributed by atoms with Gasteiger partial charge in [0.25, 0.3) is 0 Å². The summed E-state index contributed by atoms with van der Waals surface area (Å²) in [7, 11) is 6.57. The number of likely N-dealkylation sites (N-methyl/N-ethyl adjacent to an activating group) is 1.